The molecule has 7 nitrogen and oxygen atoms in total. The maximum absolute atomic E-state index is 13.0. The normalized spacial score (nSPS) is 11.4. The summed E-state index contributed by atoms with van der Waals surface area (Å²) in [6.07, 6.45) is -4.56. The van der Waals surface area contributed by atoms with Crippen LogP contribution in [0.3, 0.4) is 0 Å². The lowest BCUT2D eigenvalue weighted by atomic mass is 10.2. The van der Waals surface area contributed by atoms with E-state index in [0.29, 0.717) is 10.6 Å². The molecule has 0 aliphatic rings. The Hall–Kier alpha value is -3.40. The van der Waals surface area contributed by atoms with Crippen molar-refractivity contribution in [1.29, 1.82) is 0 Å². The van der Waals surface area contributed by atoms with Crippen molar-refractivity contribution >= 4 is 17.5 Å². The van der Waals surface area contributed by atoms with E-state index in [2.05, 4.69) is 10.4 Å². The second-order valence-corrected chi connectivity index (χ2v) is 6.90. The molecule has 0 unspecified atom stereocenters. The van der Waals surface area contributed by atoms with Gasteiger partial charge >= 0.3 is 11.9 Å². The minimum Gasteiger partial charge on any atom is -0.351 e. The molecule has 3 aromatic rings. The zero-order chi connectivity index (χ0) is 22.8. The average Bonchev–Trinajstić information content (AvgIpc) is 2.71. The number of halogens is 4. The van der Waals surface area contributed by atoms with Crippen LogP contribution in [0.2, 0.25) is 5.02 Å². The van der Waals surface area contributed by atoms with Gasteiger partial charge in [-0.15, -0.1) is 0 Å². The third kappa shape index (κ3) is 4.85. The quantitative estimate of drug-likeness (QED) is 0.645. The highest BCUT2D eigenvalue weighted by atomic mass is 35.5. The molecule has 0 aliphatic heterocycles. The highest BCUT2D eigenvalue weighted by Crippen LogP contribution is 2.29. The van der Waals surface area contributed by atoms with E-state index in [1.807, 2.05) is 0 Å². The number of hydrogen-bond donors (Lipinski definition) is 1. The Morgan fingerprint density at radius 1 is 1.13 bits per heavy atom. The van der Waals surface area contributed by atoms with Gasteiger partial charge in [-0.3, -0.25) is 14.2 Å². The minimum absolute atomic E-state index is 0.0385. The summed E-state index contributed by atoms with van der Waals surface area (Å²) in [6.45, 7) is 1.62. The van der Waals surface area contributed by atoms with E-state index in [-0.39, 0.29) is 18.8 Å². The van der Waals surface area contributed by atoms with Crippen LogP contribution in [0.5, 0.6) is 0 Å². The van der Waals surface area contributed by atoms with E-state index < -0.39 is 34.6 Å². The molecule has 0 saturated carbocycles. The highest BCUT2D eigenvalue weighted by molar-refractivity contribution is 6.30. The maximum Gasteiger partial charge on any atom is 0.416 e. The number of alkyl halides is 3. The van der Waals surface area contributed by atoms with Gasteiger partial charge in [0, 0.05) is 11.6 Å². The lowest BCUT2D eigenvalue weighted by Gasteiger charge is -2.13. The first-order valence-electron chi connectivity index (χ1n) is 9.06. The molecule has 0 atom stereocenters. The zero-order valence-corrected chi connectivity index (χ0v) is 16.9. The average molecular weight is 453 g/mol. The first-order chi connectivity index (χ1) is 14.6. The van der Waals surface area contributed by atoms with Gasteiger partial charge in [-0.1, -0.05) is 23.7 Å². The van der Waals surface area contributed by atoms with E-state index in [1.165, 1.54) is 0 Å². The molecule has 0 radical (unpaired) electrons. The van der Waals surface area contributed by atoms with Gasteiger partial charge in [-0.05, 0) is 48.9 Å². The predicted octanol–water partition coefficient (Wildman–Crippen LogP) is 2.86. The van der Waals surface area contributed by atoms with E-state index in [1.54, 1.807) is 31.2 Å². The number of nitrogens with one attached hydrogen (secondary N) is 1. The van der Waals surface area contributed by atoms with Gasteiger partial charge < -0.3 is 5.32 Å². The van der Waals surface area contributed by atoms with Gasteiger partial charge in [0.15, 0.2) is 0 Å². The molecule has 162 valence electrons. The first-order valence-corrected chi connectivity index (χ1v) is 9.44. The van der Waals surface area contributed by atoms with E-state index in [4.69, 9.17) is 11.6 Å². The van der Waals surface area contributed by atoms with Crippen molar-refractivity contribution in [2.24, 2.45) is 0 Å². The molecule has 1 heterocycles. The molecule has 31 heavy (non-hydrogen) atoms. The van der Waals surface area contributed by atoms with Crippen LogP contribution in [0.1, 0.15) is 28.5 Å². The molecule has 0 spiro atoms. The first kappa shape index (κ1) is 22.3. The maximum atomic E-state index is 13.0. The van der Waals surface area contributed by atoms with Gasteiger partial charge in [0.2, 0.25) is 5.69 Å². The van der Waals surface area contributed by atoms with Crippen LogP contribution >= 0.6 is 11.6 Å². The van der Waals surface area contributed by atoms with Crippen LogP contribution < -0.4 is 16.6 Å². The minimum atomic E-state index is -4.56. The number of carbonyl (C=O) groups is 1. The number of carbonyl (C=O) groups excluding carboxylic acids is 1. The molecular weight excluding hydrogens is 437 g/mol. The van der Waals surface area contributed by atoms with Crippen molar-refractivity contribution in [3.05, 3.63) is 91.2 Å². The summed E-state index contributed by atoms with van der Waals surface area (Å²) in [4.78, 5) is 38.1. The Labute approximate surface area is 178 Å². The summed E-state index contributed by atoms with van der Waals surface area (Å²) >= 11 is 5.95. The summed E-state index contributed by atoms with van der Waals surface area (Å²) < 4.78 is 40.1. The monoisotopic (exact) mass is 452 g/mol. The van der Waals surface area contributed by atoms with Crippen molar-refractivity contribution in [3.8, 4) is 5.69 Å². The van der Waals surface area contributed by atoms with Crippen LogP contribution in [0.4, 0.5) is 13.2 Å². The molecule has 1 aromatic heterocycles. The fourth-order valence-corrected chi connectivity index (χ4v) is 3.03. The number of aromatic nitrogens is 3. The molecule has 0 bridgehead atoms. The largest absolute Gasteiger partial charge is 0.416 e. The lowest BCUT2D eigenvalue weighted by molar-refractivity contribution is -0.137. The van der Waals surface area contributed by atoms with Gasteiger partial charge in [0.25, 0.3) is 11.5 Å². The smallest absolute Gasteiger partial charge is 0.351 e. The second kappa shape index (κ2) is 8.76. The molecule has 2 aromatic carbocycles. The number of rotatable bonds is 5. The number of amides is 1. The number of hydrogen-bond acceptors (Lipinski definition) is 4. The molecule has 1 amide bonds. The summed E-state index contributed by atoms with van der Waals surface area (Å²) in [5.74, 6) is -0.812. The summed E-state index contributed by atoms with van der Waals surface area (Å²) in [5.41, 5.74) is -2.86. The molecule has 1 N–H and O–H groups in total. The van der Waals surface area contributed by atoms with Crippen molar-refractivity contribution in [2.75, 3.05) is 6.54 Å². The van der Waals surface area contributed by atoms with Gasteiger partial charge in [-0.25, -0.2) is 4.79 Å². The van der Waals surface area contributed by atoms with Crippen molar-refractivity contribution in [3.63, 3.8) is 0 Å². The van der Waals surface area contributed by atoms with Gasteiger partial charge in [0.1, 0.15) is 0 Å². The Bertz CT molecular complexity index is 1230. The van der Waals surface area contributed by atoms with Crippen LogP contribution in [-0.4, -0.2) is 26.8 Å². The Morgan fingerprint density at radius 3 is 2.39 bits per heavy atom. The topological polar surface area (TPSA) is 86.0 Å². The van der Waals surface area contributed by atoms with Crippen molar-refractivity contribution in [2.45, 2.75) is 19.6 Å². The standard InChI is InChI=1S/C20H16ClF3N4O3/c1-2-25-17(29)16-18(30)27(11-12-4-3-5-14(21)10-12)19(31)28(26-16)15-8-6-13(7-9-15)20(22,23)24/h3-10H,2,11H2,1H3,(H,25,29). The van der Waals surface area contributed by atoms with Crippen LogP contribution in [0.25, 0.3) is 5.69 Å². The fourth-order valence-electron chi connectivity index (χ4n) is 2.82. The molecule has 0 saturated heterocycles. The number of nitrogens with zero attached hydrogens (tertiary/aromatic N) is 3. The molecule has 3 rings (SSSR count). The van der Waals surface area contributed by atoms with E-state index in [0.717, 1.165) is 33.5 Å². The second-order valence-electron chi connectivity index (χ2n) is 6.47. The van der Waals surface area contributed by atoms with Gasteiger partial charge in [-0.2, -0.15) is 23.0 Å². The third-order valence-electron chi connectivity index (χ3n) is 4.28. The Morgan fingerprint density at radius 2 is 1.81 bits per heavy atom. The molecule has 11 heteroatoms. The summed E-state index contributed by atoms with van der Waals surface area (Å²) in [5, 5.41) is 6.63. The lowest BCUT2D eigenvalue weighted by Crippen LogP contribution is -2.46. The highest BCUT2D eigenvalue weighted by Gasteiger charge is 2.30. The third-order valence-corrected chi connectivity index (χ3v) is 4.52. The molecule has 0 fully saturated rings. The number of benzene rings is 2. The Balaban J connectivity index is 2.19. The predicted molar refractivity (Wildman–Crippen MR) is 108 cm³/mol. The van der Waals surface area contributed by atoms with Crippen molar-refractivity contribution < 1.29 is 18.0 Å². The molecular formula is C20H16ClF3N4O3. The van der Waals surface area contributed by atoms with Gasteiger partial charge in [0.05, 0.1) is 17.8 Å². The fraction of sp³-hybridized carbons (Fsp3) is 0.200. The van der Waals surface area contributed by atoms with Crippen LogP contribution in [0.15, 0.2) is 58.1 Å². The zero-order valence-electron chi connectivity index (χ0n) is 16.1. The SMILES string of the molecule is CCNC(=O)c1nn(-c2ccc(C(F)(F)F)cc2)c(=O)n(Cc2cccc(Cl)c2)c1=O. The van der Waals surface area contributed by atoms with E-state index in [9.17, 15) is 27.6 Å². The summed E-state index contributed by atoms with van der Waals surface area (Å²) in [7, 11) is 0. The van der Waals surface area contributed by atoms with E-state index >= 15 is 0 Å². The van der Waals surface area contributed by atoms with Crippen LogP contribution in [-0.2, 0) is 12.7 Å². The van der Waals surface area contributed by atoms with Crippen LogP contribution in [0, 0.1) is 0 Å². The molecule has 0 aliphatic carbocycles. The summed E-state index contributed by atoms with van der Waals surface area (Å²) in [6, 6.07) is 10.0. The van der Waals surface area contributed by atoms with Crippen molar-refractivity contribution in [1.82, 2.24) is 19.7 Å². The Kier molecular flexibility index (Phi) is 6.30.